The molecule has 0 aliphatic carbocycles. The average molecular weight is 270 g/mol. The number of rotatable bonds is 3. The molecular weight excluding hydrogens is 259 g/mol. The van der Waals surface area contributed by atoms with Crippen molar-refractivity contribution in [3.63, 3.8) is 0 Å². The third-order valence-electron chi connectivity index (χ3n) is 1.46. The van der Waals surface area contributed by atoms with Gasteiger partial charge in [-0.1, -0.05) is 6.92 Å². The summed E-state index contributed by atoms with van der Waals surface area (Å²) < 4.78 is 4.71. The molecular formula is C7H11IO3. The largest absolute Gasteiger partial charge is 0.451 e. The van der Waals surface area contributed by atoms with Crippen LogP contribution in [0.2, 0.25) is 0 Å². The van der Waals surface area contributed by atoms with Crippen LogP contribution >= 0.6 is 22.6 Å². The van der Waals surface area contributed by atoms with E-state index in [4.69, 9.17) is 4.74 Å². The Morgan fingerprint density at radius 2 is 2.00 bits per heavy atom. The van der Waals surface area contributed by atoms with Gasteiger partial charge in [-0.3, -0.25) is 9.59 Å². The molecule has 0 bridgehead atoms. The minimum atomic E-state index is -0.938. The molecule has 0 rings (SSSR count). The molecule has 0 amide bonds. The van der Waals surface area contributed by atoms with Crippen molar-refractivity contribution in [2.75, 3.05) is 0 Å². The van der Waals surface area contributed by atoms with Gasteiger partial charge in [0.1, 0.15) is 0 Å². The van der Waals surface area contributed by atoms with Crippen molar-refractivity contribution in [1.82, 2.24) is 0 Å². The number of hydrogen-bond acceptors (Lipinski definition) is 3. The van der Waals surface area contributed by atoms with Gasteiger partial charge in [-0.15, -0.1) is 0 Å². The van der Waals surface area contributed by atoms with Gasteiger partial charge in [0.2, 0.25) is 3.79 Å². The maximum absolute atomic E-state index is 10.9. The summed E-state index contributed by atoms with van der Waals surface area (Å²) in [7, 11) is 0. The van der Waals surface area contributed by atoms with Crippen LogP contribution in [0.3, 0.4) is 0 Å². The Labute approximate surface area is 79.6 Å². The van der Waals surface area contributed by atoms with Crippen molar-refractivity contribution in [3.8, 4) is 0 Å². The van der Waals surface area contributed by atoms with E-state index in [1.54, 1.807) is 36.4 Å². The Balaban J connectivity index is 4.34. The Hall–Kier alpha value is -0.130. The minimum absolute atomic E-state index is 0.146. The summed E-state index contributed by atoms with van der Waals surface area (Å²) in [5.74, 6) is -0.417. The van der Waals surface area contributed by atoms with Gasteiger partial charge >= 0.3 is 5.97 Å². The van der Waals surface area contributed by atoms with Crippen molar-refractivity contribution in [2.24, 2.45) is 0 Å². The zero-order valence-corrected chi connectivity index (χ0v) is 8.97. The molecule has 4 heteroatoms. The van der Waals surface area contributed by atoms with Gasteiger partial charge in [-0.25, -0.2) is 0 Å². The van der Waals surface area contributed by atoms with E-state index in [1.165, 1.54) is 6.92 Å². The highest BCUT2D eigenvalue weighted by Gasteiger charge is 2.32. The Bertz CT molecular complexity index is 179. The molecule has 11 heavy (non-hydrogen) atoms. The lowest BCUT2D eigenvalue weighted by atomic mass is 10.1. The molecule has 0 radical (unpaired) electrons. The van der Waals surface area contributed by atoms with Crippen LogP contribution in [0.5, 0.6) is 0 Å². The predicted octanol–water partition coefficient (Wildman–Crippen LogP) is 1.68. The number of carbonyl (C=O) groups is 2. The number of carbonyl (C=O) groups excluding carboxylic acids is 2. The highest BCUT2D eigenvalue weighted by atomic mass is 127. The van der Waals surface area contributed by atoms with Crippen LogP contribution in [0.1, 0.15) is 27.2 Å². The van der Waals surface area contributed by atoms with Gasteiger partial charge in [-0.05, 0) is 13.3 Å². The molecule has 0 saturated heterocycles. The van der Waals surface area contributed by atoms with E-state index in [0.29, 0.717) is 6.42 Å². The van der Waals surface area contributed by atoms with Gasteiger partial charge < -0.3 is 4.74 Å². The molecule has 1 atom stereocenters. The van der Waals surface area contributed by atoms with Crippen molar-refractivity contribution < 1.29 is 14.3 Å². The van der Waals surface area contributed by atoms with Crippen LogP contribution in [0.25, 0.3) is 0 Å². The second-order valence-electron chi connectivity index (χ2n) is 2.45. The molecule has 1 unspecified atom stereocenters. The fourth-order valence-electron chi connectivity index (χ4n) is 0.568. The predicted molar refractivity (Wildman–Crippen MR) is 49.5 cm³/mol. The third kappa shape index (κ3) is 3.18. The number of hydrogen-bond donors (Lipinski definition) is 0. The average Bonchev–Trinajstić information content (AvgIpc) is 1.86. The normalized spacial score (nSPS) is 15.3. The summed E-state index contributed by atoms with van der Waals surface area (Å²) in [6, 6.07) is 0. The molecule has 64 valence electrons. The maximum Gasteiger partial charge on any atom is 0.303 e. The van der Waals surface area contributed by atoms with Crippen molar-refractivity contribution in [2.45, 2.75) is 32.8 Å². The first-order valence-corrected chi connectivity index (χ1v) is 4.39. The summed E-state index contributed by atoms with van der Waals surface area (Å²) in [6.45, 7) is 4.72. The quantitative estimate of drug-likeness (QED) is 0.445. The Kier molecular flexibility index (Phi) is 3.99. The first-order valence-electron chi connectivity index (χ1n) is 3.32. The van der Waals surface area contributed by atoms with Crippen molar-refractivity contribution >= 4 is 32.4 Å². The van der Waals surface area contributed by atoms with E-state index in [0.717, 1.165) is 0 Å². The van der Waals surface area contributed by atoms with Crippen LogP contribution in [0.15, 0.2) is 0 Å². The van der Waals surface area contributed by atoms with Crippen LogP contribution in [0.4, 0.5) is 0 Å². The molecule has 0 saturated carbocycles. The molecule has 0 spiro atoms. The topological polar surface area (TPSA) is 43.4 Å². The SMILES string of the molecule is CCC(C)(OC(C)=O)C(=O)I. The van der Waals surface area contributed by atoms with E-state index < -0.39 is 11.6 Å². The zero-order valence-electron chi connectivity index (χ0n) is 6.81. The fraction of sp³-hybridized carbons (Fsp3) is 0.714. The summed E-state index contributed by atoms with van der Waals surface area (Å²) in [6.07, 6.45) is 0.508. The third-order valence-corrected chi connectivity index (χ3v) is 2.60. The summed E-state index contributed by atoms with van der Waals surface area (Å²) in [4.78, 5) is 21.5. The van der Waals surface area contributed by atoms with Gasteiger partial charge in [0.05, 0.1) is 0 Å². The number of ether oxygens (including phenoxy) is 1. The number of halogens is 1. The lowest BCUT2D eigenvalue weighted by molar-refractivity contribution is -0.159. The summed E-state index contributed by atoms with van der Waals surface area (Å²) in [5.41, 5.74) is -0.938. The first kappa shape index (κ1) is 10.9. The van der Waals surface area contributed by atoms with Crippen molar-refractivity contribution in [1.29, 1.82) is 0 Å². The van der Waals surface area contributed by atoms with Gasteiger partial charge in [0, 0.05) is 29.5 Å². The van der Waals surface area contributed by atoms with E-state index >= 15 is 0 Å². The molecule has 0 aliphatic rings. The summed E-state index contributed by atoms with van der Waals surface area (Å²) in [5, 5.41) is 0. The highest BCUT2D eigenvalue weighted by molar-refractivity contribution is 14.1. The van der Waals surface area contributed by atoms with Crippen LogP contribution < -0.4 is 0 Å². The van der Waals surface area contributed by atoms with Gasteiger partial charge in [-0.2, -0.15) is 0 Å². The Morgan fingerprint density at radius 3 is 2.09 bits per heavy atom. The van der Waals surface area contributed by atoms with Crippen LogP contribution in [-0.2, 0) is 14.3 Å². The first-order chi connectivity index (χ1) is 4.92. The van der Waals surface area contributed by atoms with E-state index in [-0.39, 0.29) is 3.79 Å². The molecule has 0 N–H and O–H groups in total. The van der Waals surface area contributed by atoms with Crippen LogP contribution in [-0.4, -0.2) is 15.4 Å². The van der Waals surface area contributed by atoms with E-state index in [9.17, 15) is 9.59 Å². The van der Waals surface area contributed by atoms with Crippen molar-refractivity contribution in [3.05, 3.63) is 0 Å². The fourth-order valence-corrected chi connectivity index (χ4v) is 1.06. The highest BCUT2D eigenvalue weighted by Crippen LogP contribution is 2.19. The number of esters is 1. The Morgan fingerprint density at radius 1 is 1.55 bits per heavy atom. The smallest absolute Gasteiger partial charge is 0.303 e. The van der Waals surface area contributed by atoms with Gasteiger partial charge in [0.15, 0.2) is 5.60 Å². The van der Waals surface area contributed by atoms with Gasteiger partial charge in [0.25, 0.3) is 0 Å². The lowest BCUT2D eigenvalue weighted by Crippen LogP contribution is -2.35. The van der Waals surface area contributed by atoms with E-state index in [1.807, 2.05) is 0 Å². The molecule has 0 heterocycles. The van der Waals surface area contributed by atoms with Crippen LogP contribution in [0, 0.1) is 0 Å². The minimum Gasteiger partial charge on any atom is -0.451 e. The standard InChI is InChI=1S/C7H11IO3/c1-4-7(3,6(8)10)11-5(2)9/h4H2,1-3H3. The molecule has 0 aliphatic heterocycles. The second-order valence-corrected chi connectivity index (χ2v) is 3.43. The lowest BCUT2D eigenvalue weighted by Gasteiger charge is -2.23. The van der Waals surface area contributed by atoms with E-state index in [2.05, 4.69) is 0 Å². The second kappa shape index (κ2) is 4.04. The molecule has 0 fully saturated rings. The maximum atomic E-state index is 10.9. The molecule has 0 aromatic heterocycles. The molecule has 0 aromatic rings. The molecule has 0 aromatic carbocycles. The monoisotopic (exact) mass is 270 g/mol. The zero-order chi connectivity index (χ0) is 9.07. The summed E-state index contributed by atoms with van der Waals surface area (Å²) >= 11 is 1.64. The molecule has 3 nitrogen and oxygen atoms in total.